The zero-order chi connectivity index (χ0) is 24.4. The summed E-state index contributed by atoms with van der Waals surface area (Å²) in [5.74, 6) is -1.59. The monoisotopic (exact) mass is 469 g/mol. The molecule has 8 nitrogen and oxygen atoms in total. The highest BCUT2D eigenvalue weighted by Crippen LogP contribution is 2.28. The van der Waals surface area contributed by atoms with Crippen LogP contribution in [0.1, 0.15) is 43.0 Å². The number of nitriles is 1. The van der Waals surface area contributed by atoms with Crippen molar-refractivity contribution in [1.82, 2.24) is 9.62 Å². The predicted molar refractivity (Wildman–Crippen MR) is 124 cm³/mol. The lowest BCUT2D eigenvalue weighted by molar-refractivity contribution is -0.132. The average Bonchev–Trinajstić information content (AvgIpc) is 3.33. The highest BCUT2D eigenvalue weighted by molar-refractivity contribution is 7.89. The molecule has 1 amide bonds. The van der Waals surface area contributed by atoms with Crippen molar-refractivity contribution in [2.45, 2.75) is 43.5 Å². The third-order valence-electron chi connectivity index (χ3n) is 5.19. The fraction of sp³-hybridized carbons (Fsp3) is 0.292. The summed E-state index contributed by atoms with van der Waals surface area (Å²) in [6.45, 7) is 5.28. The van der Waals surface area contributed by atoms with Crippen molar-refractivity contribution in [2.75, 3.05) is 6.54 Å². The Bertz CT molecular complexity index is 1120. The molecule has 1 aromatic rings. The second-order valence-electron chi connectivity index (χ2n) is 7.52. The van der Waals surface area contributed by atoms with Crippen LogP contribution in [0.25, 0.3) is 0 Å². The van der Waals surface area contributed by atoms with Gasteiger partial charge in [-0.2, -0.15) is 9.57 Å². The fourth-order valence-corrected chi connectivity index (χ4v) is 5.10. The standard InChI is InChI=1S/C24H27N3O5S/c1-3-15-27(21-8-4-5-9-21)33(31,32)22-12-10-20(11-13-22)23(28)26-14-6-7-19(17-25)16-18(2)24(29)30/h3,6-7,10-14,16,21H,1,4-5,8-9,15H2,2H3,(H,26,28)(H,29,30)/b14-6+,18-16+,19-7+. The number of hydrogen-bond donors (Lipinski definition) is 2. The molecule has 0 atom stereocenters. The van der Waals surface area contributed by atoms with E-state index in [1.54, 1.807) is 6.08 Å². The Morgan fingerprint density at radius 1 is 1.27 bits per heavy atom. The second kappa shape index (κ2) is 11.9. The molecule has 0 radical (unpaired) electrons. The molecule has 0 saturated heterocycles. The molecule has 174 valence electrons. The minimum absolute atomic E-state index is 0.00913. The van der Waals surface area contributed by atoms with Crippen molar-refractivity contribution >= 4 is 21.9 Å². The van der Waals surface area contributed by atoms with Crippen molar-refractivity contribution in [2.24, 2.45) is 0 Å². The molecule has 2 N–H and O–H groups in total. The number of carboxylic acid groups (broad SMARTS) is 1. The zero-order valence-corrected chi connectivity index (χ0v) is 19.2. The van der Waals surface area contributed by atoms with Crippen LogP contribution >= 0.6 is 0 Å². The Kier molecular flexibility index (Phi) is 9.33. The molecule has 1 aliphatic carbocycles. The molecule has 0 aliphatic heterocycles. The van der Waals surface area contributed by atoms with Gasteiger partial charge in [-0.05, 0) is 62.3 Å². The topological polar surface area (TPSA) is 128 Å². The van der Waals surface area contributed by atoms with E-state index in [1.165, 1.54) is 59.9 Å². The predicted octanol–water partition coefficient (Wildman–Crippen LogP) is 3.53. The van der Waals surface area contributed by atoms with E-state index >= 15 is 0 Å². The summed E-state index contributed by atoms with van der Waals surface area (Å²) >= 11 is 0. The van der Waals surface area contributed by atoms with E-state index in [0.717, 1.165) is 25.7 Å². The highest BCUT2D eigenvalue weighted by atomic mass is 32.2. The maximum Gasteiger partial charge on any atom is 0.331 e. The van der Waals surface area contributed by atoms with Crippen molar-refractivity contribution in [3.63, 3.8) is 0 Å². The van der Waals surface area contributed by atoms with Gasteiger partial charge in [0.05, 0.1) is 16.5 Å². The van der Waals surface area contributed by atoms with Crippen LogP contribution in [0.15, 0.2) is 77.4 Å². The van der Waals surface area contributed by atoms with Crippen molar-refractivity contribution in [3.05, 3.63) is 78.1 Å². The lowest BCUT2D eigenvalue weighted by Gasteiger charge is -2.27. The average molecular weight is 470 g/mol. The largest absolute Gasteiger partial charge is 0.478 e. The molecule has 1 aliphatic rings. The van der Waals surface area contributed by atoms with Crippen LogP contribution in [0, 0.1) is 11.3 Å². The molecule has 2 rings (SSSR count). The number of benzene rings is 1. The molecular weight excluding hydrogens is 442 g/mol. The van der Waals surface area contributed by atoms with Crippen LogP contribution < -0.4 is 5.32 Å². The van der Waals surface area contributed by atoms with Gasteiger partial charge in [-0.25, -0.2) is 13.2 Å². The summed E-state index contributed by atoms with van der Waals surface area (Å²) in [5, 5.41) is 20.4. The molecular formula is C24H27N3O5S. The quantitative estimate of drug-likeness (QED) is 0.234. The number of aliphatic carboxylic acids is 1. The molecule has 0 heterocycles. The molecule has 0 aromatic heterocycles. The van der Waals surface area contributed by atoms with Gasteiger partial charge in [0.1, 0.15) is 0 Å². The molecule has 1 fully saturated rings. The molecule has 0 unspecified atom stereocenters. The first kappa shape index (κ1) is 25.8. The zero-order valence-electron chi connectivity index (χ0n) is 18.4. The maximum atomic E-state index is 13.1. The SMILES string of the molecule is C=CCN(C1CCCC1)S(=O)(=O)c1ccc(C(=O)N/C=C/C=C(C#N)\C=C(/C)C(=O)O)cc1. The van der Waals surface area contributed by atoms with Crippen LogP contribution in [0.5, 0.6) is 0 Å². The number of hydrogen-bond acceptors (Lipinski definition) is 5. The summed E-state index contributed by atoms with van der Waals surface area (Å²) < 4.78 is 27.7. The number of rotatable bonds is 10. The summed E-state index contributed by atoms with van der Waals surface area (Å²) in [4.78, 5) is 23.3. The van der Waals surface area contributed by atoms with E-state index in [-0.39, 0.29) is 34.2 Å². The number of amides is 1. The van der Waals surface area contributed by atoms with Gasteiger partial charge < -0.3 is 10.4 Å². The van der Waals surface area contributed by atoms with Crippen molar-refractivity contribution in [3.8, 4) is 6.07 Å². The van der Waals surface area contributed by atoms with Crippen LogP contribution in [-0.2, 0) is 14.8 Å². The van der Waals surface area contributed by atoms with Gasteiger partial charge in [0, 0.05) is 29.9 Å². The van der Waals surface area contributed by atoms with Crippen molar-refractivity contribution < 1.29 is 23.1 Å². The summed E-state index contributed by atoms with van der Waals surface area (Å²) in [7, 11) is -3.71. The Morgan fingerprint density at radius 2 is 1.91 bits per heavy atom. The van der Waals surface area contributed by atoms with Gasteiger partial charge in [0.15, 0.2) is 0 Å². The van der Waals surface area contributed by atoms with Gasteiger partial charge >= 0.3 is 5.97 Å². The van der Waals surface area contributed by atoms with E-state index in [9.17, 15) is 18.0 Å². The van der Waals surface area contributed by atoms with Crippen LogP contribution in [-0.4, -0.2) is 42.3 Å². The summed E-state index contributed by atoms with van der Waals surface area (Å²) in [6, 6.07) is 7.51. The van der Waals surface area contributed by atoms with E-state index in [0.29, 0.717) is 0 Å². The Morgan fingerprint density at radius 3 is 2.45 bits per heavy atom. The number of nitrogens with zero attached hydrogens (tertiary/aromatic N) is 2. The van der Waals surface area contributed by atoms with Crippen LogP contribution in [0.2, 0.25) is 0 Å². The second-order valence-corrected chi connectivity index (χ2v) is 9.42. The first-order valence-corrected chi connectivity index (χ1v) is 11.9. The highest BCUT2D eigenvalue weighted by Gasteiger charge is 2.32. The number of carbonyl (C=O) groups is 2. The first-order chi connectivity index (χ1) is 15.7. The summed E-state index contributed by atoms with van der Waals surface area (Å²) in [5.41, 5.74) is 0.386. The van der Waals surface area contributed by atoms with E-state index in [4.69, 9.17) is 10.4 Å². The smallest absolute Gasteiger partial charge is 0.331 e. The fourth-order valence-electron chi connectivity index (χ4n) is 3.45. The van der Waals surface area contributed by atoms with Gasteiger partial charge in [-0.3, -0.25) is 4.79 Å². The third-order valence-corrected chi connectivity index (χ3v) is 7.12. The lowest BCUT2D eigenvalue weighted by atomic mass is 10.2. The van der Waals surface area contributed by atoms with E-state index < -0.39 is 21.9 Å². The Balaban J connectivity index is 2.09. The molecule has 1 saturated carbocycles. The van der Waals surface area contributed by atoms with Crippen molar-refractivity contribution in [1.29, 1.82) is 5.26 Å². The third kappa shape index (κ3) is 7.00. The number of sulfonamides is 1. The van der Waals surface area contributed by atoms with Crippen LogP contribution in [0.4, 0.5) is 0 Å². The van der Waals surface area contributed by atoms with Gasteiger partial charge in [0.25, 0.3) is 5.91 Å². The molecule has 0 spiro atoms. The molecule has 1 aromatic carbocycles. The minimum atomic E-state index is -3.71. The van der Waals surface area contributed by atoms with Crippen LogP contribution in [0.3, 0.4) is 0 Å². The first-order valence-electron chi connectivity index (χ1n) is 10.4. The lowest BCUT2D eigenvalue weighted by Crippen LogP contribution is -2.38. The number of carboxylic acids is 1. The molecule has 0 bridgehead atoms. The minimum Gasteiger partial charge on any atom is -0.478 e. The molecule has 9 heteroatoms. The maximum absolute atomic E-state index is 13.1. The van der Waals surface area contributed by atoms with E-state index in [1.807, 2.05) is 6.07 Å². The van der Waals surface area contributed by atoms with E-state index in [2.05, 4.69) is 11.9 Å². The normalized spacial score (nSPS) is 15.5. The number of nitrogens with one attached hydrogen (secondary N) is 1. The number of allylic oxidation sites excluding steroid dienone is 4. The molecule has 33 heavy (non-hydrogen) atoms. The Hall–Kier alpha value is -3.48. The summed E-state index contributed by atoms with van der Waals surface area (Å²) in [6.07, 6.45) is 10.5. The number of carbonyl (C=O) groups excluding carboxylic acids is 1. The van der Waals surface area contributed by atoms with Gasteiger partial charge in [-0.1, -0.05) is 18.9 Å². The van der Waals surface area contributed by atoms with Gasteiger partial charge in [0.2, 0.25) is 10.0 Å². The van der Waals surface area contributed by atoms with Gasteiger partial charge in [-0.15, -0.1) is 6.58 Å². The Labute approximate surface area is 194 Å².